The number of hydrogen-bond donors (Lipinski definition) is 2. The fourth-order valence-electron chi connectivity index (χ4n) is 3.01. The summed E-state index contributed by atoms with van der Waals surface area (Å²) in [5.74, 6) is 0.682. The average Bonchev–Trinajstić information content (AvgIpc) is 3.27. The fraction of sp³-hybridized carbons (Fsp3) is 0.579. The maximum absolute atomic E-state index is 12.5. The van der Waals surface area contributed by atoms with Crippen LogP contribution in [0.5, 0.6) is 0 Å². The molecule has 10 heteroatoms. The van der Waals surface area contributed by atoms with E-state index in [-0.39, 0.29) is 6.04 Å². The van der Waals surface area contributed by atoms with Crippen molar-refractivity contribution in [2.75, 3.05) is 26.7 Å². The summed E-state index contributed by atoms with van der Waals surface area (Å²) >= 11 is 1.22. The lowest BCUT2D eigenvalue weighted by Crippen LogP contribution is -2.43. The highest BCUT2D eigenvalue weighted by atomic mass is 32.2. The minimum atomic E-state index is -3.44. The SMILES string of the molecule is CCNC(=NCCN(C)S(=O)(=O)c1cccs1)NC(C)Cc1c(C)nn(C)c1C. The Morgan fingerprint density at radius 1 is 1.41 bits per heavy atom. The van der Waals surface area contributed by atoms with Crippen molar-refractivity contribution in [1.82, 2.24) is 24.7 Å². The first-order valence-corrected chi connectivity index (χ1v) is 12.0. The Hall–Kier alpha value is -1.91. The molecule has 0 aliphatic rings. The number of aliphatic imine (C=N–C) groups is 1. The van der Waals surface area contributed by atoms with E-state index < -0.39 is 10.0 Å². The Labute approximate surface area is 178 Å². The maximum Gasteiger partial charge on any atom is 0.252 e. The predicted octanol–water partition coefficient (Wildman–Crippen LogP) is 1.91. The van der Waals surface area contributed by atoms with Crippen LogP contribution in [0.2, 0.25) is 0 Å². The van der Waals surface area contributed by atoms with Crippen molar-refractivity contribution in [3.63, 3.8) is 0 Å². The molecule has 2 aromatic heterocycles. The molecule has 0 aliphatic heterocycles. The third-order valence-electron chi connectivity index (χ3n) is 4.74. The zero-order valence-electron chi connectivity index (χ0n) is 18.1. The van der Waals surface area contributed by atoms with Gasteiger partial charge in [0.05, 0.1) is 12.2 Å². The summed E-state index contributed by atoms with van der Waals surface area (Å²) in [6.45, 7) is 9.62. The van der Waals surface area contributed by atoms with Crippen molar-refractivity contribution >= 4 is 27.3 Å². The monoisotopic (exact) mass is 440 g/mol. The second kappa shape index (κ2) is 10.2. The van der Waals surface area contributed by atoms with Crippen molar-refractivity contribution in [3.8, 4) is 0 Å². The summed E-state index contributed by atoms with van der Waals surface area (Å²) in [4.78, 5) is 4.55. The van der Waals surface area contributed by atoms with Crippen molar-refractivity contribution in [2.45, 2.75) is 44.4 Å². The van der Waals surface area contributed by atoms with Gasteiger partial charge in [-0.3, -0.25) is 9.67 Å². The summed E-state index contributed by atoms with van der Waals surface area (Å²) in [7, 11) is 0.0951. The molecule has 2 N–H and O–H groups in total. The number of guanidine groups is 1. The minimum absolute atomic E-state index is 0.155. The Morgan fingerprint density at radius 2 is 2.14 bits per heavy atom. The zero-order chi connectivity index (χ0) is 21.6. The first kappa shape index (κ1) is 23.4. The summed E-state index contributed by atoms with van der Waals surface area (Å²) in [5, 5.41) is 12.9. The van der Waals surface area contributed by atoms with Crippen LogP contribution >= 0.6 is 11.3 Å². The molecule has 0 aromatic carbocycles. The van der Waals surface area contributed by atoms with Crippen LogP contribution in [0.3, 0.4) is 0 Å². The van der Waals surface area contributed by atoms with Gasteiger partial charge in [-0.05, 0) is 51.1 Å². The normalized spacial score (nSPS) is 13.7. The van der Waals surface area contributed by atoms with E-state index in [2.05, 4.69) is 34.6 Å². The van der Waals surface area contributed by atoms with Gasteiger partial charge < -0.3 is 10.6 Å². The second-order valence-electron chi connectivity index (χ2n) is 7.04. The Kier molecular flexibility index (Phi) is 8.23. The van der Waals surface area contributed by atoms with E-state index in [0.29, 0.717) is 23.3 Å². The first-order chi connectivity index (χ1) is 13.7. The molecule has 0 radical (unpaired) electrons. The van der Waals surface area contributed by atoms with Gasteiger partial charge in [0, 0.05) is 38.9 Å². The van der Waals surface area contributed by atoms with Gasteiger partial charge in [0.25, 0.3) is 10.0 Å². The van der Waals surface area contributed by atoms with Crippen LogP contribution < -0.4 is 10.6 Å². The molecule has 0 aliphatic carbocycles. The molecule has 2 aromatic rings. The number of thiophene rings is 1. The molecule has 2 heterocycles. The molecular weight excluding hydrogens is 408 g/mol. The number of nitrogens with zero attached hydrogens (tertiary/aromatic N) is 4. The molecule has 2 rings (SSSR count). The summed E-state index contributed by atoms with van der Waals surface area (Å²) in [6, 6.07) is 3.52. The molecular formula is C19H32N6O2S2. The highest BCUT2D eigenvalue weighted by molar-refractivity contribution is 7.91. The largest absolute Gasteiger partial charge is 0.357 e. The van der Waals surface area contributed by atoms with Gasteiger partial charge >= 0.3 is 0 Å². The molecule has 162 valence electrons. The van der Waals surface area contributed by atoms with Gasteiger partial charge in [-0.15, -0.1) is 11.3 Å². The predicted molar refractivity (Wildman–Crippen MR) is 119 cm³/mol. The maximum atomic E-state index is 12.5. The third kappa shape index (κ3) is 6.03. The minimum Gasteiger partial charge on any atom is -0.357 e. The van der Waals surface area contributed by atoms with Crippen molar-refractivity contribution < 1.29 is 8.42 Å². The number of nitrogens with one attached hydrogen (secondary N) is 2. The molecule has 8 nitrogen and oxygen atoms in total. The zero-order valence-corrected chi connectivity index (χ0v) is 19.7. The van der Waals surface area contributed by atoms with E-state index in [1.807, 2.05) is 25.6 Å². The standard InChI is InChI=1S/C19H32N6O2S2/c1-7-20-19(22-14(2)13-17-15(3)23-25(6)16(17)4)21-10-11-24(5)29(26,27)18-9-8-12-28-18/h8-9,12,14H,7,10-11,13H2,1-6H3,(H2,20,21,22). The van der Waals surface area contributed by atoms with Crippen LogP contribution in [0.25, 0.3) is 0 Å². The van der Waals surface area contributed by atoms with Crippen LogP contribution in [0.1, 0.15) is 30.8 Å². The van der Waals surface area contributed by atoms with Crippen molar-refractivity contribution in [1.29, 1.82) is 0 Å². The van der Waals surface area contributed by atoms with Crippen LogP contribution in [0.15, 0.2) is 26.7 Å². The third-order valence-corrected chi connectivity index (χ3v) is 7.97. The molecule has 0 spiro atoms. The van der Waals surface area contributed by atoms with Crippen LogP contribution in [-0.2, 0) is 23.5 Å². The molecule has 1 unspecified atom stereocenters. The first-order valence-electron chi connectivity index (χ1n) is 9.70. The van der Waals surface area contributed by atoms with Crippen LogP contribution in [0.4, 0.5) is 0 Å². The number of sulfonamides is 1. The molecule has 1 atom stereocenters. The summed E-state index contributed by atoms with van der Waals surface area (Å²) < 4.78 is 28.6. The van der Waals surface area contributed by atoms with E-state index in [0.717, 1.165) is 18.7 Å². The molecule has 0 saturated heterocycles. The van der Waals surface area contributed by atoms with Gasteiger partial charge in [-0.25, -0.2) is 8.42 Å². The quantitative estimate of drug-likeness (QED) is 0.459. The average molecular weight is 441 g/mol. The molecule has 0 saturated carbocycles. The lowest BCUT2D eigenvalue weighted by Gasteiger charge is -2.19. The molecule has 29 heavy (non-hydrogen) atoms. The number of aromatic nitrogens is 2. The number of likely N-dealkylation sites (N-methyl/N-ethyl adjacent to an activating group) is 1. The van der Waals surface area contributed by atoms with Gasteiger partial charge in [-0.1, -0.05) is 6.07 Å². The Morgan fingerprint density at radius 3 is 2.69 bits per heavy atom. The highest BCUT2D eigenvalue weighted by Crippen LogP contribution is 2.19. The lowest BCUT2D eigenvalue weighted by molar-refractivity contribution is 0.478. The molecule has 0 bridgehead atoms. The van der Waals surface area contributed by atoms with E-state index in [1.165, 1.54) is 26.9 Å². The lowest BCUT2D eigenvalue weighted by atomic mass is 10.1. The van der Waals surface area contributed by atoms with E-state index >= 15 is 0 Å². The Balaban J connectivity index is 1.96. The van der Waals surface area contributed by atoms with E-state index in [4.69, 9.17) is 0 Å². The molecule has 0 fully saturated rings. The van der Waals surface area contributed by atoms with Gasteiger partial charge in [0.2, 0.25) is 0 Å². The fourth-order valence-corrected chi connectivity index (χ4v) is 5.37. The van der Waals surface area contributed by atoms with Gasteiger partial charge in [-0.2, -0.15) is 9.40 Å². The highest BCUT2D eigenvalue weighted by Gasteiger charge is 2.21. The van der Waals surface area contributed by atoms with Crippen LogP contribution in [-0.4, -0.2) is 61.2 Å². The van der Waals surface area contributed by atoms with E-state index in [1.54, 1.807) is 24.6 Å². The van der Waals surface area contributed by atoms with Crippen molar-refractivity contribution in [3.05, 3.63) is 34.5 Å². The topological polar surface area (TPSA) is 91.6 Å². The van der Waals surface area contributed by atoms with Crippen molar-refractivity contribution in [2.24, 2.45) is 12.0 Å². The van der Waals surface area contributed by atoms with E-state index in [9.17, 15) is 8.42 Å². The number of rotatable bonds is 9. The summed E-state index contributed by atoms with van der Waals surface area (Å²) in [5.41, 5.74) is 3.45. The van der Waals surface area contributed by atoms with Gasteiger partial charge in [0.15, 0.2) is 5.96 Å². The number of hydrogen-bond acceptors (Lipinski definition) is 5. The molecule has 0 amide bonds. The number of aryl methyl sites for hydroxylation is 2. The van der Waals surface area contributed by atoms with Crippen LogP contribution in [0, 0.1) is 13.8 Å². The second-order valence-corrected chi connectivity index (χ2v) is 10.3. The Bertz CT molecular complexity index is 919. The smallest absolute Gasteiger partial charge is 0.252 e. The van der Waals surface area contributed by atoms with Gasteiger partial charge in [0.1, 0.15) is 4.21 Å². The summed E-state index contributed by atoms with van der Waals surface area (Å²) in [6.07, 6.45) is 0.836.